The van der Waals surface area contributed by atoms with Crippen molar-refractivity contribution in [1.29, 1.82) is 0 Å². The number of nitrogens with one attached hydrogen (secondary N) is 3. The van der Waals surface area contributed by atoms with Crippen LogP contribution >= 0.6 is 0 Å². The van der Waals surface area contributed by atoms with E-state index in [1.807, 2.05) is 61.5 Å². The molecule has 37 heavy (non-hydrogen) atoms. The first-order chi connectivity index (χ1) is 17.9. The second kappa shape index (κ2) is 11.5. The molecule has 190 valence electrons. The van der Waals surface area contributed by atoms with Crippen LogP contribution in [0.25, 0.3) is 11.3 Å². The highest BCUT2D eigenvalue weighted by atomic mass is 16.5. The zero-order valence-corrected chi connectivity index (χ0v) is 21.1. The van der Waals surface area contributed by atoms with Crippen LogP contribution in [-0.4, -0.2) is 44.5 Å². The zero-order chi connectivity index (χ0) is 26.4. The largest absolute Gasteiger partial charge is 0.462 e. The minimum absolute atomic E-state index is 0.0314. The number of nitrogens with zero attached hydrogens (tertiary/aromatic N) is 1. The average Bonchev–Trinajstić information content (AvgIpc) is 3.25. The van der Waals surface area contributed by atoms with Crippen LogP contribution in [0.4, 0.5) is 17.1 Å². The molecular weight excluding hydrogens is 468 g/mol. The van der Waals surface area contributed by atoms with Gasteiger partial charge in [-0.3, -0.25) is 9.59 Å². The summed E-state index contributed by atoms with van der Waals surface area (Å²) < 4.78 is 5.09. The predicted octanol–water partition coefficient (Wildman–Crippen LogP) is 4.37. The van der Waals surface area contributed by atoms with E-state index in [-0.39, 0.29) is 25.0 Å². The van der Waals surface area contributed by atoms with Gasteiger partial charge in [0.05, 0.1) is 35.7 Å². The van der Waals surface area contributed by atoms with Gasteiger partial charge in [-0.15, -0.1) is 0 Å². The fraction of sp³-hybridized carbons (Fsp3) is 0.207. The van der Waals surface area contributed by atoms with Gasteiger partial charge in [-0.2, -0.15) is 0 Å². The van der Waals surface area contributed by atoms with Gasteiger partial charge in [-0.25, -0.2) is 4.79 Å². The van der Waals surface area contributed by atoms with Gasteiger partial charge in [0, 0.05) is 24.0 Å². The number of carbonyl (C=O) groups is 3. The van der Waals surface area contributed by atoms with Gasteiger partial charge in [0.1, 0.15) is 0 Å². The van der Waals surface area contributed by atoms with Crippen molar-refractivity contribution in [3.8, 4) is 0 Å². The standard InChI is InChI=1S/C29H30N4O4/c1-4-30-18-25(34)33(3)22-14-12-21(13-15-22)31-27(19-9-7-6-8-10-19)26-23-16-11-20(29(36)37-5-2)17-24(23)32-28(26)35/h6-17,30-31H,4-5,18H2,1-3H3,(H,32,35)/b27-26-. The molecule has 4 rings (SSSR count). The number of amides is 2. The number of hydrogen-bond acceptors (Lipinski definition) is 6. The molecule has 3 N–H and O–H groups in total. The summed E-state index contributed by atoms with van der Waals surface area (Å²) in [6.07, 6.45) is 0. The Morgan fingerprint density at radius 2 is 1.68 bits per heavy atom. The first-order valence-electron chi connectivity index (χ1n) is 12.2. The number of likely N-dealkylation sites (N-methyl/N-ethyl adjacent to an activating group) is 2. The van der Waals surface area contributed by atoms with Gasteiger partial charge in [-0.05, 0) is 55.4 Å². The van der Waals surface area contributed by atoms with E-state index in [1.54, 1.807) is 37.1 Å². The lowest BCUT2D eigenvalue weighted by Crippen LogP contribution is -2.35. The van der Waals surface area contributed by atoms with Gasteiger partial charge in [-0.1, -0.05) is 43.3 Å². The van der Waals surface area contributed by atoms with Crippen molar-refractivity contribution >= 4 is 46.1 Å². The number of hydrogen-bond donors (Lipinski definition) is 3. The molecule has 0 atom stereocenters. The molecular formula is C29H30N4O4. The van der Waals surface area contributed by atoms with Crippen LogP contribution < -0.4 is 20.9 Å². The summed E-state index contributed by atoms with van der Waals surface area (Å²) in [5, 5.41) is 9.33. The van der Waals surface area contributed by atoms with Gasteiger partial charge in [0.15, 0.2) is 0 Å². The predicted molar refractivity (Wildman–Crippen MR) is 146 cm³/mol. The van der Waals surface area contributed by atoms with Crippen LogP contribution in [0.2, 0.25) is 0 Å². The van der Waals surface area contributed by atoms with Gasteiger partial charge >= 0.3 is 5.97 Å². The Bertz CT molecular complexity index is 1330. The molecule has 3 aromatic carbocycles. The molecule has 0 radical (unpaired) electrons. The maximum Gasteiger partial charge on any atom is 0.338 e. The van der Waals surface area contributed by atoms with Crippen LogP contribution in [0.15, 0.2) is 72.8 Å². The van der Waals surface area contributed by atoms with Crippen LogP contribution in [0.5, 0.6) is 0 Å². The van der Waals surface area contributed by atoms with E-state index in [9.17, 15) is 14.4 Å². The smallest absolute Gasteiger partial charge is 0.338 e. The molecule has 1 aliphatic rings. The Kier molecular flexibility index (Phi) is 8.00. The van der Waals surface area contributed by atoms with E-state index in [0.717, 1.165) is 23.5 Å². The molecule has 0 bridgehead atoms. The van der Waals surface area contributed by atoms with Crippen molar-refractivity contribution < 1.29 is 19.1 Å². The SMILES string of the molecule is CCNCC(=O)N(C)c1ccc(N/C(=C2\C(=O)Nc3cc(C(=O)OCC)ccc32)c2ccccc2)cc1. The van der Waals surface area contributed by atoms with Crippen molar-refractivity contribution in [2.75, 3.05) is 42.3 Å². The minimum atomic E-state index is -0.438. The van der Waals surface area contributed by atoms with Crippen molar-refractivity contribution in [3.05, 3.63) is 89.5 Å². The summed E-state index contributed by atoms with van der Waals surface area (Å²) in [6.45, 7) is 4.96. The topological polar surface area (TPSA) is 99.8 Å². The number of anilines is 3. The van der Waals surface area contributed by atoms with E-state index >= 15 is 0 Å². The number of esters is 1. The molecule has 1 aliphatic heterocycles. The summed E-state index contributed by atoms with van der Waals surface area (Å²) >= 11 is 0. The second-order valence-electron chi connectivity index (χ2n) is 8.46. The van der Waals surface area contributed by atoms with Crippen LogP contribution in [-0.2, 0) is 14.3 Å². The number of rotatable bonds is 9. The molecule has 0 fully saturated rings. The van der Waals surface area contributed by atoms with E-state index in [2.05, 4.69) is 16.0 Å². The Morgan fingerprint density at radius 3 is 2.35 bits per heavy atom. The second-order valence-corrected chi connectivity index (χ2v) is 8.46. The van der Waals surface area contributed by atoms with Crippen molar-refractivity contribution in [3.63, 3.8) is 0 Å². The third-order valence-corrected chi connectivity index (χ3v) is 6.01. The summed E-state index contributed by atoms with van der Waals surface area (Å²) in [5.41, 5.74) is 5.07. The van der Waals surface area contributed by atoms with Gasteiger partial charge < -0.3 is 25.6 Å². The maximum atomic E-state index is 13.2. The van der Waals surface area contributed by atoms with E-state index in [4.69, 9.17) is 4.74 Å². The highest BCUT2D eigenvalue weighted by Gasteiger charge is 2.29. The fourth-order valence-electron chi connectivity index (χ4n) is 4.05. The van der Waals surface area contributed by atoms with Crippen LogP contribution in [0.1, 0.15) is 35.3 Å². The normalized spacial score (nSPS) is 13.4. The van der Waals surface area contributed by atoms with Crippen LogP contribution in [0.3, 0.4) is 0 Å². The first-order valence-corrected chi connectivity index (χ1v) is 12.2. The van der Waals surface area contributed by atoms with Crippen LogP contribution in [0, 0.1) is 0 Å². The lowest BCUT2D eigenvalue weighted by molar-refractivity contribution is -0.117. The Labute approximate surface area is 216 Å². The first kappa shape index (κ1) is 25.7. The lowest BCUT2D eigenvalue weighted by atomic mass is 9.99. The van der Waals surface area contributed by atoms with Crippen molar-refractivity contribution in [2.45, 2.75) is 13.8 Å². The molecule has 0 spiro atoms. The highest BCUT2D eigenvalue weighted by Crippen LogP contribution is 2.38. The number of fused-ring (bicyclic) bond motifs is 1. The number of carbonyl (C=O) groups excluding carboxylic acids is 3. The summed E-state index contributed by atoms with van der Waals surface area (Å²) in [4.78, 5) is 39.3. The molecule has 0 unspecified atom stereocenters. The summed E-state index contributed by atoms with van der Waals surface area (Å²) in [7, 11) is 1.74. The molecule has 3 aromatic rings. The summed E-state index contributed by atoms with van der Waals surface area (Å²) in [6, 6.07) is 22.1. The third kappa shape index (κ3) is 5.70. The average molecular weight is 499 g/mol. The highest BCUT2D eigenvalue weighted by molar-refractivity contribution is 6.37. The molecule has 0 saturated heterocycles. The molecule has 8 heteroatoms. The zero-order valence-electron chi connectivity index (χ0n) is 21.1. The van der Waals surface area contributed by atoms with Gasteiger partial charge in [0.2, 0.25) is 5.91 Å². The Morgan fingerprint density at radius 1 is 0.946 bits per heavy atom. The van der Waals surface area contributed by atoms with E-state index < -0.39 is 5.97 Å². The van der Waals surface area contributed by atoms with Crippen molar-refractivity contribution in [2.24, 2.45) is 0 Å². The Hall–Kier alpha value is -4.43. The van der Waals surface area contributed by atoms with Gasteiger partial charge in [0.25, 0.3) is 5.91 Å². The molecule has 8 nitrogen and oxygen atoms in total. The van der Waals surface area contributed by atoms with E-state index in [1.165, 1.54) is 0 Å². The third-order valence-electron chi connectivity index (χ3n) is 6.01. The molecule has 2 amide bonds. The maximum absolute atomic E-state index is 13.2. The molecule has 0 aliphatic carbocycles. The monoisotopic (exact) mass is 498 g/mol. The molecule has 0 aromatic heterocycles. The molecule has 1 heterocycles. The quantitative estimate of drug-likeness (QED) is 0.299. The lowest BCUT2D eigenvalue weighted by Gasteiger charge is -2.19. The summed E-state index contributed by atoms with van der Waals surface area (Å²) in [5.74, 6) is -0.740. The number of benzene rings is 3. The van der Waals surface area contributed by atoms with Crippen molar-refractivity contribution in [1.82, 2.24) is 5.32 Å². The van der Waals surface area contributed by atoms with E-state index in [0.29, 0.717) is 28.1 Å². The number of ether oxygens (including phenoxy) is 1. The minimum Gasteiger partial charge on any atom is -0.462 e. The Balaban J connectivity index is 1.69. The molecule has 0 saturated carbocycles. The fourth-order valence-corrected chi connectivity index (χ4v) is 4.05.